The van der Waals surface area contributed by atoms with E-state index in [4.69, 9.17) is 0 Å². The molecule has 0 spiro atoms. The van der Waals surface area contributed by atoms with Gasteiger partial charge in [-0.05, 0) is 19.9 Å². The maximum absolute atomic E-state index is 14.5. The van der Waals surface area contributed by atoms with Crippen LogP contribution in [0.2, 0.25) is 0 Å². The number of rotatable bonds is 1. The number of carboxylic acid groups (broad SMARTS) is 1. The minimum Gasteiger partial charge on any atom is -0.465 e. The third kappa shape index (κ3) is 2.16. The summed E-state index contributed by atoms with van der Waals surface area (Å²) in [5.74, 6) is -2.25. The maximum Gasteiger partial charge on any atom is 0.415 e. The van der Waals surface area contributed by atoms with Gasteiger partial charge in [0.05, 0.1) is 0 Å². The highest BCUT2D eigenvalue weighted by Crippen LogP contribution is 2.45. The molecule has 1 aliphatic heterocycles. The second kappa shape index (κ2) is 4.75. The van der Waals surface area contributed by atoms with Crippen LogP contribution in [0.3, 0.4) is 0 Å². The number of carbonyl (C=O) groups excluding carboxylic acids is 1. The number of carbonyl (C=O) groups is 2. The van der Waals surface area contributed by atoms with E-state index in [1.165, 1.54) is 18.2 Å². The number of imide groups is 1. The van der Waals surface area contributed by atoms with Gasteiger partial charge in [-0.25, -0.2) is 22.9 Å². The first-order valence-corrected chi connectivity index (χ1v) is 6.28. The second-order valence-electron chi connectivity index (χ2n) is 5.42. The average molecular weight is 301 g/mol. The fourth-order valence-corrected chi connectivity index (χ4v) is 2.65. The van der Waals surface area contributed by atoms with E-state index in [0.29, 0.717) is 0 Å². The zero-order chi connectivity index (χ0) is 16.0. The summed E-state index contributed by atoms with van der Waals surface area (Å²) in [4.78, 5) is 23.4. The molecule has 0 unspecified atom stereocenters. The number of hydrogen-bond acceptors (Lipinski definition) is 2. The van der Waals surface area contributed by atoms with Crippen LogP contribution in [0.4, 0.5) is 18.0 Å². The van der Waals surface area contributed by atoms with Crippen LogP contribution in [0.15, 0.2) is 24.3 Å². The van der Waals surface area contributed by atoms with E-state index in [9.17, 15) is 27.9 Å². The molecule has 0 aliphatic carbocycles. The Morgan fingerprint density at radius 1 is 1.38 bits per heavy atom. The Hall–Kier alpha value is -2.05. The van der Waals surface area contributed by atoms with Crippen LogP contribution in [0.5, 0.6) is 0 Å². The number of amides is 2. The molecule has 1 heterocycles. The summed E-state index contributed by atoms with van der Waals surface area (Å²) in [7, 11) is 0. The van der Waals surface area contributed by atoms with Crippen LogP contribution < -0.4 is 0 Å². The SMILES string of the molecule is C[C@@]1(F)C[C@H](F)[C@@](C)(c2ccccc2F)N(C(=O)O)C1=O. The number of hydrogen-bond donors (Lipinski definition) is 1. The standard InChI is InChI=1S/C14H14F3NO3/c1-13(17)7-10(16)14(2,18(11(13)19)12(20)21)8-5-3-4-6-9(8)15/h3-6,10H,7H2,1-2H3,(H,20,21)/t10-,13+,14+/m0/s1. The van der Waals surface area contributed by atoms with Gasteiger partial charge in [-0.2, -0.15) is 0 Å². The predicted molar refractivity (Wildman–Crippen MR) is 67.6 cm³/mol. The molecule has 1 aliphatic rings. The molecule has 0 aromatic heterocycles. The monoisotopic (exact) mass is 301 g/mol. The zero-order valence-corrected chi connectivity index (χ0v) is 11.4. The summed E-state index contributed by atoms with van der Waals surface area (Å²) >= 11 is 0. The topological polar surface area (TPSA) is 57.6 Å². The summed E-state index contributed by atoms with van der Waals surface area (Å²) < 4.78 is 42.6. The van der Waals surface area contributed by atoms with Crippen molar-refractivity contribution in [2.45, 2.75) is 37.6 Å². The lowest BCUT2D eigenvalue weighted by molar-refractivity contribution is -0.161. The second-order valence-corrected chi connectivity index (χ2v) is 5.42. The lowest BCUT2D eigenvalue weighted by Crippen LogP contribution is -2.65. The number of halogens is 3. The Kier molecular flexibility index (Phi) is 3.47. The van der Waals surface area contributed by atoms with E-state index in [1.807, 2.05) is 0 Å². The van der Waals surface area contributed by atoms with E-state index >= 15 is 0 Å². The largest absolute Gasteiger partial charge is 0.465 e. The minimum atomic E-state index is -2.65. The maximum atomic E-state index is 14.5. The number of nitrogens with zero attached hydrogens (tertiary/aromatic N) is 1. The van der Waals surface area contributed by atoms with Crippen molar-refractivity contribution in [2.24, 2.45) is 0 Å². The van der Waals surface area contributed by atoms with Crippen molar-refractivity contribution in [3.63, 3.8) is 0 Å². The Morgan fingerprint density at radius 2 is 1.95 bits per heavy atom. The molecule has 0 saturated carbocycles. The van der Waals surface area contributed by atoms with Gasteiger partial charge in [0.25, 0.3) is 5.91 Å². The Bertz CT molecular complexity index is 605. The first-order chi connectivity index (χ1) is 9.62. The zero-order valence-electron chi connectivity index (χ0n) is 11.4. The van der Waals surface area contributed by atoms with Crippen molar-refractivity contribution in [1.82, 2.24) is 4.90 Å². The van der Waals surface area contributed by atoms with Crippen LogP contribution in [0.1, 0.15) is 25.8 Å². The van der Waals surface area contributed by atoms with Gasteiger partial charge in [0.2, 0.25) is 0 Å². The van der Waals surface area contributed by atoms with Crippen LogP contribution in [0, 0.1) is 5.82 Å². The van der Waals surface area contributed by atoms with Crippen LogP contribution in [-0.4, -0.2) is 33.8 Å². The molecule has 1 aromatic carbocycles. The van der Waals surface area contributed by atoms with Gasteiger partial charge in [0.15, 0.2) is 5.67 Å². The van der Waals surface area contributed by atoms with E-state index in [0.717, 1.165) is 19.9 Å². The number of piperidine rings is 1. The third-order valence-corrected chi connectivity index (χ3v) is 3.90. The fraction of sp³-hybridized carbons (Fsp3) is 0.429. The van der Waals surface area contributed by atoms with Crippen molar-refractivity contribution >= 4 is 12.0 Å². The molecular formula is C14H14F3NO3. The van der Waals surface area contributed by atoms with Crippen molar-refractivity contribution < 1.29 is 27.9 Å². The summed E-state index contributed by atoms with van der Waals surface area (Å²) in [6, 6.07) is 4.96. The molecule has 2 rings (SSSR count). The van der Waals surface area contributed by atoms with Gasteiger partial charge in [-0.1, -0.05) is 18.2 Å². The van der Waals surface area contributed by atoms with E-state index in [1.54, 1.807) is 0 Å². The quantitative estimate of drug-likeness (QED) is 0.867. The molecule has 3 atom stereocenters. The van der Waals surface area contributed by atoms with Crippen molar-refractivity contribution in [2.75, 3.05) is 0 Å². The molecule has 2 amide bonds. The molecule has 1 aromatic rings. The molecule has 21 heavy (non-hydrogen) atoms. The van der Waals surface area contributed by atoms with E-state index in [2.05, 4.69) is 0 Å². The molecule has 114 valence electrons. The van der Waals surface area contributed by atoms with Crippen LogP contribution >= 0.6 is 0 Å². The summed E-state index contributed by atoms with van der Waals surface area (Å²) in [6.07, 6.45) is -4.73. The predicted octanol–water partition coefficient (Wildman–Crippen LogP) is 3.02. The highest BCUT2D eigenvalue weighted by Gasteiger charge is 2.60. The molecule has 1 N–H and O–H groups in total. The molecular weight excluding hydrogens is 287 g/mol. The normalized spacial score (nSPS) is 33.1. The smallest absolute Gasteiger partial charge is 0.415 e. The Balaban J connectivity index is 2.66. The highest BCUT2D eigenvalue weighted by atomic mass is 19.2. The number of likely N-dealkylation sites (tertiary alicyclic amines) is 1. The fourth-order valence-electron chi connectivity index (χ4n) is 2.65. The van der Waals surface area contributed by atoms with Crippen molar-refractivity contribution in [3.8, 4) is 0 Å². The molecule has 1 fully saturated rings. The van der Waals surface area contributed by atoms with Gasteiger partial charge >= 0.3 is 6.09 Å². The molecule has 0 bridgehead atoms. The molecule has 4 nitrogen and oxygen atoms in total. The molecule has 1 saturated heterocycles. The minimum absolute atomic E-state index is 0.0551. The van der Waals surface area contributed by atoms with E-state index < -0.39 is 41.6 Å². The Labute approximate surface area is 119 Å². The molecule has 0 radical (unpaired) electrons. The molecule has 7 heteroatoms. The van der Waals surface area contributed by atoms with Gasteiger partial charge < -0.3 is 5.11 Å². The summed E-state index contributed by atoms with van der Waals surface area (Å²) in [5, 5.41) is 9.20. The van der Waals surface area contributed by atoms with Crippen LogP contribution in [-0.2, 0) is 10.3 Å². The van der Waals surface area contributed by atoms with Gasteiger partial charge in [0.1, 0.15) is 17.5 Å². The van der Waals surface area contributed by atoms with Crippen LogP contribution in [0.25, 0.3) is 0 Å². The summed E-state index contributed by atoms with van der Waals surface area (Å²) in [5.41, 5.74) is -5.06. The number of benzene rings is 1. The first-order valence-electron chi connectivity index (χ1n) is 6.28. The highest BCUT2D eigenvalue weighted by molar-refractivity contribution is 5.98. The Morgan fingerprint density at radius 3 is 2.48 bits per heavy atom. The van der Waals surface area contributed by atoms with Crippen molar-refractivity contribution in [3.05, 3.63) is 35.6 Å². The number of alkyl halides is 2. The van der Waals surface area contributed by atoms with Gasteiger partial charge in [-0.15, -0.1) is 0 Å². The lowest BCUT2D eigenvalue weighted by Gasteiger charge is -2.47. The van der Waals surface area contributed by atoms with Crippen molar-refractivity contribution in [1.29, 1.82) is 0 Å². The first kappa shape index (κ1) is 15.3. The third-order valence-electron chi connectivity index (χ3n) is 3.90. The average Bonchev–Trinajstić information content (AvgIpc) is 2.36. The van der Waals surface area contributed by atoms with E-state index in [-0.39, 0.29) is 10.5 Å². The van der Waals surface area contributed by atoms with Gasteiger partial charge in [-0.3, -0.25) is 4.79 Å². The van der Waals surface area contributed by atoms with Gasteiger partial charge in [0, 0.05) is 12.0 Å². The lowest BCUT2D eigenvalue weighted by atomic mass is 9.76. The summed E-state index contributed by atoms with van der Waals surface area (Å²) in [6.45, 7) is 1.90.